The summed E-state index contributed by atoms with van der Waals surface area (Å²) in [6.07, 6.45) is 0. The molecule has 0 fully saturated rings. The van der Waals surface area contributed by atoms with Gasteiger partial charge in [0.2, 0.25) is 5.82 Å². The number of hydrogen-bond donors (Lipinski definition) is 0. The molecule has 5 nitrogen and oxygen atoms in total. The van der Waals surface area contributed by atoms with Gasteiger partial charge >= 0.3 is 0 Å². The highest BCUT2D eigenvalue weighted by Gasteiger charge is 2.04. The smallest absolute Gasteiger partial charge is 0.212 e. The normalized spacial score (nSPS) is 10.4. The van der Waals surface area contributed by atoms with Gasteiger partial charge in [-0.05, 0) is 39.3 Å². The average molecular weight is 287 g/mol. The minimum absolute atomic E-state index is 0.200. The van der Waals surface area contributed by atoms with E-state index >= 15 is 0 Å². The summed E-state index contributed by atoms with van der Waals surface area (Å²) in [4.78, 5) is 1.35. The van der Waals surface area contributed by atoms with Crippen LogP contribution in [0.2, 0.25) is 0 Å². The molecule has 1 aromatic carbocycles. The second-order valence-corrected chi connectivity index (χ2v) is 3.91. The summed E-state index contributed by atoms with van der Waals surface area (Å²) in [7, 11) is 1.67. The lowest BCUT2D eigenvalue weighted by Crippen LogP contribution is -1.99. The topological polar surface area (TPSA) is 52.8 Å². The third-order valence-electron chi connectivity index (χ3n) is 1.81. The molecule has 1 aromatic heterocycles. The van der Waals surface area contributed by atoms with Crippen LogP contribution in [-0.2, 0) is 13.7 Å². The first-order chi connectivity index (χ1) is 7.65. The fourth-order valence-electron chi connectivity index (χ4n) is 1.10. The van der Waals surface area contributed by atoms with Crippen molar-refractivity contribution in [2.24, 2.45) is 7.05 Å². The van der Waals surface area contributed by atoms with E-state index < -0.39 is 0 Å². The molecular formula is C9H8BrFN4O. The maximum absolute atomic E-state index is 12.9. The molecule has 0 aliphatic rings. The van der Waals surface area contributed by atoms with Gasteiger partial charge in [0.05, 0.1) is 11.5 Å². The van der Waals surface area contributed by atoms with Crippen LogP contribution < -0.4 is 4.74 Å². The van der Waals surface area contributed by atoms with E-state index in [1.54, 1.807) is 13.1 Å². The number of tetrazole rings is 1. The van der Waals surface area contributed by atoms with E-state index in [0.717, 1.165) is 0 Å². The van der Waals surface area contributed by atoms with Crippen LogP contribution in [0.5, 0.6) is 5.75 Å². The maximum atomic E-state index is 12.9. The summed E-state index contributed by atoms with van der Waals surface area (Å²) < 4.78 is 18.6. The van der Waals surface area contributed by atoms with E-state index in [4.69, 9.17) is 4.74 Å². The van der Waals surface area contributed by atoms with Crippen LogP contribution in [0.4, 0.5) is 4.39 Å². The molecular weight excluding hydrogens is 279 g/mol. The fraction of sp³-hybridized carbons (Fsp3) is 0.222. The molecule has 0 N–H and O–H groups in total. The maximum Gasteiger partial charge on any atom is 0.212 e. The first-order valence-corrected chi connectivity index (χ1v) is 5.25. The zero-order valence-corrected chi connectivity index (χ0v) is 9.98. The number of nitrogens with zero attached hydrogens (tertiary/aromatic N) is 4. The highest BCUT2D eigenvalue weighted by molar-refractivity contribution is 9.10. The van der Waals surface area contributed by atoms with Crippen LogP contribution >= 0.6 is 15.9 Å². The van der Waals surface area contributed by atoms with Crippen LogP contribution in [0.1, 0.15) is 5.82 Å². The Morgan fingerprint density at radius 1 is 1.50 bits per heavy atom. The molecule has 0 radical (unpaired) electrons. The molecule has 2 aromatic rings. The largest absolute Gasteiger partial charge is 0.485 e. The van der Waals surface area contributed by atoms with Gasteiger partial charge in [0.25, 0.3) is 0 Å². The van der Waals surface area contributed by atoms with Crippen molar-refractivity contribution in [3.8, 4) is 5.75 Å². The molecule has 0 aliphatic heterocycles. The molecule has 0 bridgehead atoms. The minimum atomic E-state index is -0.329. The van der Waals surface area contributed by atoms with E-state index in [1.807, 2.05) is 0 Å². The second-order valence-electron chi connectivity index (χ2n) is 3.06. The summed E-state index contributed by atoms with van der Waals surface area (Å²) in [5, 5.41) is 11.4. The highest BCUT2D eigenvalue weighted by Crippen LogP contribution is 2.21. The summed E-state index contributed by atoms with van der Waals surface area (Å²) in [6, 6.07) is 4.41. The molecule has 2 rings (SSSR count). The lowest BCUT2D eigenvalue weighted by atomic mass is 10.3. The van der Waals surface area contributed by atoms with Gasteiger partial charge in [-0.1, -0.05) is 0 Å². The van der Waals surface area contributed by atoms with Gasteiger partial charge in [-0.2, -0.15) is 4.80 Å². The molecule has 1 heterocycles. The molecule has 7 heteroatoms. The van der Waals surface area contributed by atoms with E-state index in [9.17, 15) is 4.39 Å². The van der Waals surface area contributed by atoms with E-state index in [1.165, 1.54) is 16.9 Å². The van der Waals surface area contributed by atoms with Crippen molar-refractivity contribution < 1.29 is 9.13 Å². The zero-order valence-electron chi connectivity index (χ0n) is 8.39. The molecule has 0 saturated carbocycles. The summed E-state index contributed by atoms with van der Waals surface area (Å²) in [6.45, 7) is 0.200. The molecule has 84 valence electrons. The minimum Gasteiger partial charge on any atom is -0.485 e. The first-order valence-electron chi connectivity index (χ1n) is 4.46. The van der Waals surface area contributed by atoms with E-state index in [2.05, 4.69) is 31.3 Å². The van der Waals surface area contributed by atoms with Crippen molar-refractivity contribution in [1.82, 2.24) is 20.2 Å². The zero-order chi connectivity index (χ0) is 11.5. The predicted molar refractivity (Wildman–Crippen MR) is 57.2 cm³/mol. The molecule has 0 atom stereocenters. The third kappa shape index (κ3) is 2.54. The number of benzene rings is 1. The molecule has 0 amide bonds. The van der Waals surface area contributed by atoms with Gasteiger partial charge in [-0.3, -0.25) is 0 Å². The van der Waals surface area contributed by atoms with Gasteiger partial charge in [0, 0.05) is 0 Å². The number of ether oxygens (including phenoxy) is 1. The van der Waals surface area contributed by atoms with E-state index in [0.29, 0.717) is 16.0 Å². The van der Waals surface area contributed by atoms with Gasteiger partial charge in [-0.25, -0.2) is 4.39 Å². The van der Waals surface area contributed by atoms with Crippen molar-refractivity contribution in [2.75, 3.05) is 0 Å². The average Bonchev–Trinajstić information content (AvgIpc) is 2.66. The van der Waals surface area contributed by atoms with Crippen molar-refractivity contribution in [3.05, 3.63) is 34.3 Å². The van der Waals surface area contributed by atoms with Crippen LogP contribution in [0.25, 0.3) is 0 Å². The van der Waals surface area contributed by atoms with Gasteiger partial charge in [-0.15, -0.1) is 10.2 Å². The molecule has 0 spiro atoms. The van der Waals surface area contributed by atoms with Crippen molar-refractivity contribution in [1.29, 1.82) is 0 Å². The fourth-order valence-corrected chi connectivity index (χ4v) is 1.45. The Bertz CT molecular complexity index is 502. The van der Waals surface area contributed by atoms with Crippen molar-refractivity contribution in [2.45, 2.75) is 6.61 Å². The Balaban J connectivity index is 2.02. The van der Waals surface area contributed by atoms with E-state index in [-0.39, 0.29) is 12.4 Å². The monoisotopic (exact) mass is 286 g/mol. The van der Waals surface area contributed by atoms with Gasteiger partial charge in [0.15, 0.2) is 6.61 Å². The standard InChI is InChI=1S/C9H8BrFN4O/c1-15-13-9(12-14-15)5-16-6-2-3-8(11)7(10)4-6/h2-4H,5H2,1H3. The summed E-state index contributed by atoms with van der Waals surface area (Å²) in [5.74, 6) is 0.689. The van der Waals surface area contributed by atoms with Gasteiger partial charge < -0.3 is 4.74 Å². The Labute approximate surface area is 99.3 Å². The van der Waals surface area contributed by atoms with Crippen LogP contribution in [-0.4, -0.2) is 20.2 Å². The highest BCUT2D eigenvalue weighted by atomic mass is 79.9. The molecule has 16 heavy (non-hydrogen) atoms. The quantitative estimate of drug-likeness (QED) is 0.862. The van der Waals surface area contributed by atoms with Crippen molar-refractivity contribution in [3.63, 3.8) is 0 Å². The first kappa shape index (κ1) is 11.0. The van der Waals surface area contributed by atoms with Crippen LogP contribution in [0.3, 0.4) is 0 Å². The number of aryl methyl sites for hydroxylation is 1. The number of aromatic nitrogens is 4. The van der Waals surface area contributed by atoms with Crippen LogP contribution in [0.15, 0.2) is 22.7 Å². The Morgan fingerprint density at radius 3 is 2.94 bits per heavy atom. The molecule has 0 saturated heterocycles. The number of halogens is 2. The lowest BCUT2D eigenvalue weighted by Gasteiger charge is -2.03. The Hall–Kier alpha value is -1.50. The molecule has 0 aliphatic carbocycles. The van der Waals surface area contributed by atoms with Crippen molar-refractivity contribution >= 4 is 15.9 Å². The SMILES string of the molecule is Cn1nnc(COc2ccc(F)c(Br)c2)n1. The lowest BCUT2D eigenvalue weighted by molar-refractivity contribution is 0.294. The second kappa shape index (κ2) is 4.56. The summed E-state index contributed by atoms with van der Waals surface area (Å²) >= 11 is 3.07. The van der Waals surface area contributed by atoms with Gasteiger partial charge in [0.1, 0.15) is 11.6 Å². The summed E-state index contributed by atoms with van der Waals surface area (Å²) in [5.41, 5.74) is 0. The Morgan fingerprint density at radius 2 is 2.31 bits per heavy atom. The number of hydrogen-bond acceptors (Lipinski definition) is 4. The predicted octanol–water partition coefficient (Wildman–Crippen LogP) is 1.69. The number of rotatable bonds is 3. The molecule has 0 unspecified atom stereocenters. The van der Waals surface area contributed by atoms with Crippen LogP contribution in [0, 0.1) is 5.82 Å². The Kier molecular flexibility index (Phi) is 3.14. The third-order valence-corrected chi connectivity index (χ3v) is 2.42.